The topological polar surface area (TPSA) is 72.7 Å². The molecule has 0 unspecified atom stereocenters. The average Bonchev–Trinajstić information content (AvgIpc) is 3.12. The van der Waals surface area contributed by atoms with Crippen molar-refractivity contribution in [2.45, 2.75) is 12.1 Å². The minimum Gasteiger partial charge on any atom is -0.305 e. The monoisotopic (exact) mass is 345 g/mol. The number of benzene rings is 1. The van der Waals surface area contributed by atoms with Crippen LogP contribution in [0.3, 0.4) is 0 Å². The van der Waals surface area contributed by atoms with Gasteiger partial charge in [0.15, 0.2) is 16.1 Å². The summed E-state index contributed by atoms with van der Waals surface area (Å²) in [6.07, 6.45) is 1.74. The van der Waals surface area contributed by atoms with E-state index in [1.807, 2.05) is 48.9 Å². The molecule has 1 aromatic carbocycles. The number of hydrogen-bond donors (Lipinski definition) is 1. The number of amides is 1. The van der Waals surface area contributed by atoms with Crippen LogP contribution in [-0.4, -0.2) is 31.4 Å². The van der Waals surface area contributed by atoms with Gasteiger partial charge in [0.05, 0.1) is 5.75 Å². The van der Waals surface area contributed by atoms with Gasteiger partial charge in [-0.3, -0.25) is 4.79 Å². The Bertz CT molecular complexity index is 812. The Kier molecular flexibility index (Phi) is 4.73. The van der Waals surface area contributed by atoms with Gasteiger partial charge in [0, 0.05) is 23.7 Å². The van der Waals surface area contributed by atoms with Crippen LogP contribution in [0.2, 0.25) is 0 Å². The molecule has 6 nitrogen and oxygen atoms in total. The van der Waals surface area contributed by atoms with E-state index in [4.69, 9.17) is 0 Å². The summed E-state index contributed by atoms with van der Waals surface area (Å²) in [4.78, 5) is 17.1. The van der Waals surface area contributed by atoms with Gasteiger partial charge in [-0.15, -0.1) is 21.5 Å². The zero-order valence-corrected chi connectivity index (χ0v) is 14.3. The number of rotatable bonds is 5. The third-order valence-electron chi connectivity index (χ3n) is 3.07. The number of nitrogens with zero attached hydrogens (tertiary/aromatic N) is 4. The number of carbonyl (C=O) groups excluding carboxylic acids is 1. The van der Waals surface area contributed by atoms with E-state index < -0.39 is 0 Å². The molecule has 0 saturated heterocycles. The van der Waals surface area contributed by atoms with Crippen LogP contribution >= 0.6 is 23.1 Å². The lowest BCUT2D eigenvalue weighted by Crippen LogP contribution is -2.14. The van der Waals surface area contributed by atoms with Crippen LogP contribution in [0.5, 0.6) is 0 Å². The molecule has 0 fully saturated rings. The van der Waals surface area contributed by atoms with Crippen molar-refractivity contribution < 1.29 is 4.79 Å². The predicted molar refractivity (Wildman–Crippen MR) is 92.6 cm³/mol. The second kappa shape index (κ2) is 6.93. The van der Waals surface area contributed by atoms with Crippen molar-refractivity contribution in [1.82, 2.24) is 19.7 Å². The first-order chi connectivity index (χ1) is 11.1. The number of hydrogen-bond acceptors (Lipinski definition) is 6. The van der Waals surface area contributed by atoms with Gasteiger partial charge in [0.25, 0.3) is 0 Å². The molecule has 0 radical (unpaired) electrons. The molecule has 3 rings (SSSR count). The third kappa shape index (κ3) is 3.77. The zero-order chi connectivity index (χ0) is 16.2. The van der Waals surface area contributed by atoms with E-state index in [0.717, 1.165) is 16.3 Å². The molecule has 1 N–H and O–H groups in total. The number of anilines is 1. The van der Waals surface area contributed by atoms with E-state index in [1.165, 1.54) is 23.1 Å². The van der Waals surface area contributed by atoms with Gasteiger partial charge in [0.2, 0.25) is 5.91 Å². The average molecular weight is 345 g/mol. The van der Waals surface area contributed by atoms with Crippen molar-refractivity contribution in [3.63, 3.8) is 0 Å². The lowest BCUT2D eigenvalue weighted by Gasteiger charge is -2.04. The quantitative estimate of drug-likeness (QED) is 0.720. The largest absolute Gasteiger partial charge is 0.305 e. The summed E-state index contributed by atoms with van der Waals surface area (Å²) in [6, 6.07) is 9.84. The number of aryl methyl sites for hydroxylation is 1. The van der Waals surface area contributed by atoms with Gasteiger partial charge >= 0.3 is 0 Å². The second-order valence-corrected chi connectivity index (χ2v) is 7.02. The fourth-order valence-corrected chi connectivity index (χ4v) is 3.37. The van der Waals surface area contributed by atoms with E-state index in [-0.39, 0.29) is 11.7 Å². The molecule has 0 atom stereocenters. The van der Waals surface area contributed by atoms with E-state index >= 15 is 0 Å². The number of carbonyl (C=O) groups is 1. The number of aromatic nitrogens is 4. The molecule has 3 aromatic rings. The molecule has 0 spiro atoms. The smallest absolute Gasteiger partial charge is 0.236 e. The standard InChI is InChI=1S/C15H15N5OS2/c1-10-8-16-14(23-10)17-12(21)9-22-15-19-18-13(20(15)2)11-6-4-3-5-7-11/h3-8H,9H2,1-2H3,(H,16,17,21). The van der Waals surface area contributed by atoms with Gasteiger partial charge in [0.1, 0.15) is 0 Å². The summed E-state index contributed by atoms with van der Waals surface area (Å²) in [6.45, 7) is 1.95. The summed E-state index contributed by atoms with van der Waals surface area (Å²) >= 11 is 2.81. The molecule has 2 aromatic heterocycles. The summed E-state index contributed by atoms with van der Waals surface area (Å²) in [5.41, 5.74) is 0.997. The number of thiazole rings is 1. The van der Waals surface area contributed by atoms with E-state index in [9.17, 15) is 4.79 Å². The van der Waals surface area contributed by atoms with Crippen LogP contribution in [0.1, 0.15) is 4.88 Å². The van der Waals surface area contributed by atoms with Gasteiger partial charge in [-0.1, -0.05) is 42.1 Å². The zero-order valence-electron chi connectivity index (χ0n) is 12.7. The molecule has 0 saturated carbocycles. The van der Waals surface area contributed by atoms with Crippen molar-refractivity contribution >= 4 is 34.1 Å². The minimum atomic E-state index is -0.103. The fourth-order valence-electron chi connectivity index (χ4n) is 1.98. The normalized spacial score (nSPS) is 10.7. The Labute approximate surface area is 142 Å². The summed E-state index contributed by atoms with van der Waals surface area (Å²) in [5, 5.41) is 12.5. The van der Waals surface area contributed by atoms with E-state index in [0.29, 0.717) is 10.3 Å². The van der Waals surface area contributed by atoms with E-state index in [1.54, 1.807) is 6.20 Å². The molecule has 23 heavy (non-hydrogen) atoms. The third-order valence-corrected chi connectivity index (χ3v) is 4.92. The van der Waals surface area contributed by atoms with Crippen molar-refractivity contribution in [3.8, 4) is 11.4 Å². The maximum absolute atomic E-state index is 12.0. The van der Waals surface area contributed by atoms with Crippen LogP contribution in [0, 0.1) is 6.92 Å². The van der Waals surface area contributed by atoms with E-state index in [2.05, 4.69) is 20.5 Å². The van der Waals surface area contributed by atoms with Crippen LogP contribution in [-0.2, 0) is 11.8 Å². The molecule has 0 aliphatic rings. The molecular formula is C15H15N5OS2. The van der Waals surface area contributed by atoms with Crippen molar-refractivity contribution in [1.29, 1.82) is 0 Å². The predicted octanol–water partition coefficient (Wildman–Crippen LogP) is 2.98. The highest BCUT2D eigenvalue weighted by molar-refractivity contribution is 7.99. The Morgan fingerprint density at radius 3 is 2.78 bits per heavy atom. The van der Waals surface area contributed by atoms with Crippen LogP contribution in [0.25, 0.3) is 11.4 Å². The van der Waals surface area contributed by atoms with Crippen LogP contribution in [0.4, 0.5) is 5.13 Å². The molecule has 2 heterocycles. The highest BCUT2D eigenvalue weighted by Gasteiger charge is 2.13. The summed E-state index contributed by atoms with van der Waals surface area (Å²) in [5.74, 6) is 0.942. The number of nitrogens with one attached hydrogen (secondary N) is 1. The highest BCUT2D eigenvalue weighted by Crippen LogP contribution is 2.23. The number of thioether (sulfide) groups is 1. The van der Waals surface area contributed by atoms with Crippen LogP contribution < -0.4 is 5.32 Å². The molecule has 8 heteroatoms. The molecule has 0 aliphatic carbocycles. The van der Waals surface area contributed by atoms with Crippen LogP contribution in [0.15, 0.2) is 41.7 Å². The minimum absolute atomic E-state index is 0.103. The van der Waals surface area contributed by atoms with Gasteiger partial charge in [-0.25, -0.2) is 4.98 Å². The first kappa shape index (κ1) is 15.7. The maximum Gasteiger partial charge on any atom is 0.236 e. The molecular weight excluding hydrogens is 330 g/mol. The summed E-state index contributed by atoms with van der Waals surface area (Å²) < 4.78 is 1.89. The van der Waals surface area contributed by atoms with Gasteiger partial charge in [-0.2, -0.15) is 0 Å². The first-order valence-corrected chi connectivity index (χ1v) is 8.73. The van der Waals surface area contributed by atoms with Gasteiger partial charge < -0.3 is 9.88 Å². The Morgan fingerprint density at radius 1 is 1.30 bits per heavy atom. The molecule has 0 bridgehead atoms. The molecule has 0 aliphatic heterocycles. The SMILES string of the molecule is Cc1cnc(NC(=O)CSc2nnc(-c3ccccc3)n2C)s1. The Balaban J connectivity index is 1.63. The lowest BCUT2D eigenvalue weighted by atomic mass is 10.2. The van der Waals surface area contributed by atoms with Gasteiger partial charge in [-0.05, 0) is 6.92 Å². The fraction of sp³-hybridized carbons (Fsp3) is 0.200. The van der Waals surface area contributed by atoms with Crippen molar-refractivity contribution in [2.75, 3.05) is 11.1 Å². The Morgan fingerprint density at radius 2 is 2.09 bits per heavy atom. The highest BCUT2D eigenvalue weighted by atomic mass is 32.2. The Hall–Kier alpha value is -2.19. The van der Waals surface area contributed by atoms with Crippen molar-refractivity contribution in [3.05, 3.63) is 41.4 Å². The lowest BCUT2D eigenvalue weighted by molar-refractivity contribution is -0.113. The summed E-state index contributed by atoms with van der Waals surface area (Å²) in [7, 11) is 1.90. The molecule has 1 amide bonds. The second-order valence-electron chi connectivity index (χ2n) is 4.84. The molecule has 118 valence electrons. The maximum atomic E-state index is 12.0. The first-order valence-electron chi connectivity index (χ1n) is 6.93. The van der Waals surface area contributed by atoms with Crippen molar-refractivity contribution in [2.24, 2.45) is 7.05 Å².